The monoisotopic (exact) mass is 228 g/mol. The van der Waals surface area contributed by atoms with Crippen LogP contribution in [-0.4, -0.2) is 46.8 Å². The van der Waals surface area contributed by atoms with Crippen molar-refractivity contribution in [2.45, 2.75) is 64.6 Å². The average molecular weight is 228 g/mol. The highest BCUT2D eigenvalue weighted by Crippen LogP contribution is 2.20. The van der Waals surface area contributed by atoms with Crippen molar-refractivity contribution in [2.75, 3.05) is 19.6 Å². The van der Waals surface area contributed by atoms with Crippen molar-refractivity contribution in [3.63, 3.8) is 0 Å². The predicted octanol–water partition coefficient (Wildman–Crippen LogP) is 1.61. The molecular formula is C13H28N2O. The van der Waals surface area contributed by atoms with E-state index in [2.05, 4.69) is 31.0 Å². The number of hydrogen-bond acceptors (Lipinski definition) is 3. The number of hydrogen-bond donors (Lipinski definition) is 2. The summed E-state index contributed by atoms with van der Waals surface area (Å²) in [5, 5.41) is 13.1. The van der Waals surface area contributed by atoms with Gasteiger partial charge in [-0.3, -0.25) is 4.90 Å². The topological polar surface area (TPSA) is 35.5 Å². The Morgan fingerprint density at radius 3 is 2.00 bits per heavy atom. The van der Waals surface area contributed by atoms with Crippen LogP contribution in [0.25, 0.3) is 0 Å². The Morgan fingerprint density at radius 2 is 1.62 bits per heavy atom. The van der Waals surface area contributed by atoms with Crippen molar-refractivity contribution < 1.29 is 5.11 Å². The first-order valence-electron chi connectivity index (χ1n) is 6.39. The van der Waals surface area contributed by atoms with E-state index in [1.807, 2.05) is 13.8 Å². The van der Waals surface area contributed by atoms with Crippen LogP contribution in [0.5, 0.6) is 0 Å². The van der Waals surface area contributed by atoms with Gasteiger partial charge in [-0.25, -0.2) is 0 Å². The Bertz CT molecular complexity index is 207. The summed E-state index contributed by atoms with van der Waals surface area (Å²) in [6.07, 6.45) is 2.38. The molecule has 0 bridgehead atoms. The van der Waals surface area contributed by atoms with Crippen LogP contribution in [0.1, 0.15) is 47.5 Å². The third-order valence-corrected chi connectivity index (χ3v) is 3.27. The van der Waals surface area contributed by atoms with Gasteiger partial charge in [0.25, 0.3) is 0 Å². The average Bonchev–Trinajstić information content (AvgIpc) is 2.13. The number of nitrogens with one attached hydrogen (secondary N) is 1. The molecule has 0 saturated carbocycles. The Balaban J connectivity index is 2.28. The summed E-state index contributed by atoms with van der Waals surface area (Å²) in [4.78, 5) is 2.54. The van der Waals surface area contributed by atoms with Crippen LogP contribution in [0, 0.1) is 0 Å². The molecule has 0 spiro atoms. The fourth-order valence-electron chi connectivity index (χ4n) is 2.15. The number of rotatable bonds is 3. The standard InChI is InChI=1S/C13H28N2O/c1-12(2,3)15-8-6-11(7-9-15)14-10-13(4,5)16/h11,14,16H,6-10H2,1-5H3. The molecule has 1 aliphatic rings. The molecule has 1 saturated heterocycles. The largest absolute Gasteiger partial charge is 0.389 e. The van der Waals surface area contributed by atoms with Crippen molar-refractivity contribution in [1.82, 2.24) is 10.2 Å². The van der Waals surface area contributed by atoms with Gasteiger partial charge in [-0.2, -0.15) is 0 Å². The van der Waals surface area contributed by atoms with Crippen LogP contribution < -0.4 is 5.32 Å². The van der Waals surface area contributed by atoms with Crippen LogP contribution in [0.2, 0.25) is 0 Å². The Kier molecular flexibility index (Phi) is 4.38. The van der Waals surface area contributed by atoms with Crippen LogP contribution in [0.4, 0.5) is 0 Å². The molecule has 0 aromatic rings. The number of aliphatic hydroxyl groups is 1. The molecule has 16 heavy (non-hydrogen) atoms. The van der Waals surface area contributed by atoms with E-state index < -0.39 is 5.60 Å². The van der Waals surface area contributed by atoms with E-state index in [1.54, 1.807) is 0 Å². The van der Waals surface area contributed by atoms with Crippen LogP contribution in [0.3, 0.4) is 0 Å². The van der Waals surface area contributed by atoms with Gasteiger partial charge in [-0.15, -0.1) is 0 Å². The summed E-state index contributed by atoms with van der Waals surface area (Å²) >= 11 is 0. The molecule has 1 rings (SSSR count). The second-order valence-electron chi connectivity index (χ2n) is 6.63. The van der Waals surface area contributed by atoms with E-state index in [-0.39, 0.29) is 0 Å². The van der Waals surface area contributed by atoms with E-state index >= 15 is 0 Å². The lowest BCUT2D eigenvalue weighted by Crippen LogP contribution is -2.51. The molecule has 0 amide bonds. The first kappa shape index (κ1) is 13.9. The van der Waals surface area contributed by atoms with E-state index in [9.17, 15) is 5.11 Å². The van der Waals surface area contributed by atoms with Gasteiger partial charge in [0.05, 0.1) is 5.60 Å². The Morgan fingerprint density at radius 1 is 1.12 bits per heavy atom. The summed E-state index contributed by atoms with van der Waals surface area (Å²) in [5.74, 6) is 0. The fraction of sp³-hybridized carbons (Fsp3) is 1.00. The highest BCUT2D eigenvalue weighted by atomic mass is 16.3. The molecule has 96 valence electrons. The lowest BCUT2D eigenvalue weighted by Gasteiger charge is -2.41. The van der Waals surface area contributed by atoms with Gasteiger partial charge < -0.3 is 10.4 Å². The van der Waals surface area contributed by atoms with Gasteiger partial charge in [0.1, 0.15) is 0 Å². The summed E-state index contributed by atoms with van der Waals surface area (Å²) in [5.41, 5.74) is -0.303. The summed E-state index contributed by atoms with van der Waals surface area (Å²) in [6, 6.07) is 0.574. The first-order chi connectivity index (χ1) is 7.18. The molecular weight excluding hydrogens is 200 g/mol. The number of nitrogens with zero attached hydrogens (tertiary/aromatic N) is 1. The summed E-state index contributed by atoms with van der Waals surface area (Å²) in [7, 11) is 0. The fourth-order valence-corrected chi connectivity index (χ4v) is 2.15. The Hall–Kier alpha value is -0.120. The van der Waals surface area contributed by atoms with Crippen LogP contribution in [-0.2, 0) is 0 Å². The normalized spacial score (nSPS) is 21.4. The third-order valence-electron chi connectivity index (χ3n) is 3.27. The molecule has 0 aliphatic carbocycles. The molecule has 1 heterocycles. The molecule has 1 fully saturated rings. The zero-order valence-electron chi connectivity index (χ0n) is 11.5. The van der Waals surface area contributed by atoms with Crippen molar-refractivity contribution in [3.8, 4) is 0 Å². The van der Waals surface area contributed by atoms with E-state index in [0.29, 0.717) is 18.1 Å². The molecule has 0 atom stereocenters. The Labute approximate surface area is 100 Å². The van der Waals surface area contributed by atoms with Gasteiger partial charge in [-0.1, -0.05) is 0 Å². The maximum absolute atomic E-state index is 9.66. The zero-order chi connectivity index (χ0) is 12.4. The molecule has 1 aliphatic heterocycles. The van der Waals surface area contributed by atoms with E-state index in [4.69, 9.17) is 0 Å². The number of likely N-dealkylation sites (tertiary alicyclic amines) is 1. The molecule has 2 N–H and O–H groups in total. The lowest BCUT2D eigenvalue weighted by atomic mass is 9.97. The van der Waals surface area contributed by atoms with Crippen LogP contribution in [0.15, 0.2) is 0 Å². The van der Waals surface area contributed by atoms with Crippen molar-refractivity contribution >= 4 is 0 Å². The molecule has 0 aromatic heterocycles. The first-order valence-corrected chi connectivity index (χ1v) is 6.39. The summed E-state index contributed by atoms with van der Waals surface area (Å²) < 4.78 is 0. The van der Waals surface area contributed by atoms with Gasteiger partial charge in [-0.05, 0) is 47.5 Å². The van der Waals surface area contributed by atoms with E-state index in [1.165, 1.54) is 12.8 Å². The highest BCUT2D eigenvalue weighted by molar-refractivity contribution is 4.85. The van der Waals surface area contributed by atoms with E-state index in [0.717, 1.165) is 13.1 Å². The zero-order valence-corrected chi connectivity index (χ0v) is 11.5. The van der Waals surface area contributed by atoms with Crippen molar-refractivity contribution in [3.05, 3.63) is 0 Å². The second-order valence-corrected chi connectivity index (χ2v) is 6.63. The third kappa shape index (κ3) is 4.81. The van der Waals surface area contributed by atoms with Crippen molar-refractivity contribution in [2.24, 2.45) is 0 Å². The van der Waals surface area contributed by atoms with Crippen molar-refractivity contribution in [1.29, 1.82) is 0 Å². The predicted molar refractivity (Wildman–Crippen MR) is 68.6 cm³/mol. The van der Waals surface area contributed by atoms with Crippen LogP contribution >= 0.6 is 0 Å². The summed E-state index contributed by atoms with van der Waals surface area (Å²) in [6.45, 7) is 13.5. The molecule has 0 radical (unpaired) electrons. The SMILES string of the molecule is CC(C)(O)CNC1CCN(C(C)(C)C)CC1. The quantitative estimate of drug-likeness (QED) is 0.770. The van der Waals surface area contributed by atoms with Gasteiger partial charge >= 0.3 is 0 Å². The molecule has 0 aromatic carbocycles. The smallest absolute Gasteiger partial charge is 0.0715 e. The minimum Gasteiger partial charge on any atom is -0.389 e. The molecule has 3 heteroatoms. The second kappa shape index (κ2) is 5.03. The maximum Gasteiger partial charge on any atom is 0.0715 e. The highest BCUT2D eigenvalue weighted by Gasteiger charge is 2.27. The lowest BCUT2D eigenvalue weighted by molar-refractivity contribution is 0.0621. The molecule has 0 unspecified atom stereocenters. The minimum atomic E-state index is -0.596. The van der Waals surface area contributed by atoms with Gasteiger partial charge in [0, 0.05) is 31.2 Å². The van der Waals surface area contributed by atoms with Gasteiger partial charge in [0.15, 0.2) is 0 Å². The van der Waals surface area contributed by atoms with Gasteiger partial charge in [0.2, 0.25) is 0 Å². The maximum atomic E-state index is 9.66. The number of piperidine rings is 1. The minimum absolute atomic E-state index is 0.293. The molecule has 3 nitrogen and oxygen atoms in total.